The van der Waals surface area contributed by atoms with Crippen LogP contribution >= 0.6 is 0 Å². The zero-order valence-electron chi connectivity index (χ0n) is 9.44. The van der Waals surface area contributed by atoms with Crippen LogP contribution in [0.1, 0.15) is 25.3 Å². The van der Waals surface area contributed by atoms with Crippen molar-refractivity contribution in [2.75, 3.05) is 6.79 Å². The van der Waals surface area contributed by atoms with Gasteiger partial charge >= 0.3 is 5.97 Å². The van der Waals surface area contributed by atoms with E-state index in [2.05, 4.69) is 5.48 Å². The lowest BCUT2D eigenvalue weighted by molar-refractivity contribution is -0.163. The molecule has 0 amide bonds. The summed E-state index contributed by atoms with van der Waals surface area (Å²) >= 11 is 0. The molecule has 0 spiro atoms. The number of hydrogen-bond acceptors (Lipinski definition) is 4. The topological polar surface area (TPSA) is 47.6 Å². The van der Waals surface area contributed by atoms with Gasteiger partial charge in [-0.3, -0.25) is 9.63 Å². The highest BCUT2D eigenvalue weighted by molar-refractivity contribution is 5.69. The van der Waals surface area contributed by atoms with Crippen LogP contribution < -0.4 is 5.48 Å². The van der Waals surface area contributed by atoms with Crippen molar-refractivity contribution in [1.29, 1.82) is 0 Å². The molecular formula is C12H17NO3. The van der Waals surface area contributed by atoms with Crippen molar-refractivity contribution < 1.29 is 14.4 Å². The Morgan fingerprint density at radius 2 is 2.06 bits per heavy atom. The number of hydroxylamine groups is 1. The summed E-state index contributed by atoms with van der Waals surface area (Å²) in [6.45, 7) is 2.47. The first-order valence-electron chi connectivity index (χ1n) is 5.37. The molecule has 88 valence electrons. The van der Waals surface area contributed by atoms with Gasteiger partial charge in [0.2, 0.25) is 6.79 Å². The molecule has 1 aromatic carbocycles. The average molecular weight is 223 g/mol. The highest BCUT2D eigenvalue weighted by Gasteiger charge is 1.99. The zero-order valence-corrected chi connectivity index (χ0v) is 9.44. The Kier molecular flexibility index (Phi) is 6.22. The van der Waals surface area contributed by atoms with Gasteiger partial charge in [-0.15, -0.1) is 0 Å². The highest BCUT2D eigenvalue weighted by Crippen LogP contribution is 1.97. The minimum atomic E-state index is -0.232. The van der Waals surface area contributed by atoms with E-state index >= 15 is 0 Å². The van der Waals surface area contributed by atoms with Gasteiger partial charge in [0.1, 0.15) is 0 Å². The van der Waals surface area contributed by atoms with E-state index < -0.39 is 0 Å². The van der Waals surface area contributed by atoms with E-state index in [4.69, 9.17) is 9.57 Å². The Morgan fingerprint density at radius 1 is 1.31 bits per heavy atom. The molecule has 4 heteroatoms. The minimum absolute atomic E-state index is 0.0499. The second-order valence-corrected chi connectivity index (χ2v) is 3.34. The monoisotopic (exact) mass is 223 g/mol. The van der Waals surface area contributed by atoms with Crippen molar-refractivity contribution in [1.82, 2.24) is 5.48 Å². The molecule has 0 saturated carbocycles. The number of carbonyl (C=O) groups is 1. The summed E-state index contributed by atoms with van der Waals surface area (Å²) < 4.78 is 4.80. The molecule has 0 aliphatic heterocycles. The standard InChI is InChI=1S/C12H17NO3/c1-2-6-12(14)15-10-16-13-9-11-7-4-3-5-8-11/h3-5,7-8,13H,2,6,9-10H2,1H3. The van der Waals surface area contributed by atoms with Gasteiger partial charge in [0.05, 0.1) is 0 Å². The number of ether oxygens (including phenoxy) is 1. The van der Waals surface area contributed by atoms with Crippen LogP contribution in [-0.4, -0.2) is 12.8 Å². The Morgan fingerprint density at radius 3 is 2.75 bits per heavy atom. The summed E-state index contributed by atoms with van der Waals surface area (Å²) in [7, 11) is 0. The maximum absolute atomic E-state index is 10.9. The van der Waals surface area contributed by atoms with Gasteiger partial charge in [-0.25, -0.2) is 0 Å². The molecular weight excluding hydrogens is 206 g/mol. The molecule has 0 bridgehead atoms. The number of carbonyl (C=O) groups excluding carboxylic acids is 1. The van der Waals surface area contributed by atoms with E-state index in [1.54, 1.807) is 0 Å². The lowest BCUT2D eigenvalue weighted by Crippen LogP contribution is -2.18. The lowest BCUT2D eigenvalue weighted by atomic mass is 10.2. The molecule has 0 heterocycles. The molecule has 0 fully saturated rings. The summed E-state index contributed by atoms with van der Waals surface area (Å²) in [4.78, 5) is 15.9. The molecule has 4 nitrogen and oxygen atoms in total. The van der Waals surface area contributed by atoms with Crippen molar-refractivity contribution in [3.05, 3.63) is 35.9 Å². The van der Waals surface area contributed by atoms with Crippen LogP contribution in [0.4, 0.5) is 0 Å². The molecule has 1 N–H and O–H groups in total. The van der Waals surface area contributed by atoms with Crippen molar-refractivity contribution in [3.63, 3.8) is 0 Å². The molecule has 0 aromatic heterocycles. The molecule has 0 aliphatic carbocycles. The second-order valence-electron chi connectivity index (χ2n) is 3.34. The Balaban J connectivity index is 2.02. The van der Waals surface area contributed by atoms with E-state index in [1.807, 2.05) is 37.3 Å². The van der Waals surface area contributed by atoms with Gasteiger partial charge in [0, 0.05) is 13.0 Å². The first-order chi connectivity index (χ1) is 7.83. The van der Waals surface area contributed by atoms with Crippen LogP contribution in [0.3, 0.4) is 0 Å². The number of rotatable bonds is 7. The van der Waals surface area contributed by atoms with Crippen LogP contribution in [-0.2, 0) is 20.9 Å². The number of hydrogen-bond donors (Lipinski definition) is 1. The predicted octanol–water partition coefficient (Wildman–Crippen LogP) is 2.01. The summed E-state index contributed by atoms with van der Waals surface area (Å²) in [5.74, 6) is -0.232. The SMILES string of the molecule is CCCC(=O)OCONCc1ccccc1. The van der Waals surface area contributed by atoms with Crippen LogP contribution in [0, 0.1) is 0 Å². The van der Waals surface area contributed by atoms with E-state index in [1.165, 1.54) is 0 Å². The van der Waals surface area contributed by atoms with Gasteiger partial charge < -0.3 is 4.74 Å². The molecule has 0 atom stereocenters. The number of benzene rings is 1. The Hall–Kier alpha value is -1.39. The normalized spacial score (nSPS) is 10.1. The molecule has 1 aromatic rings. The van der Waals surface area contributed by atoms with Gasteiger partial charge in [-0.2, -0.15) is 5.48 Å². The van der Waals surface area contributed by atoms with Crippen LogP contribution in [0.15, 0.2) is 30.3 Å². The third-order valence-corrected chi connectivity index (χ3v) is 1.95. The molecule has 0 aliphatic rings. The molecule has 1 rings (SSSR count). The van der Waals surface area contributed by atoms with E-state index in [9.17, 15) is 4.79 Å². The maximum atomic E-state index is 10.9. The summed E-state index contributed by atoms with van der Waals surface area (Å²) in [5, 5.41) is 0. The Bertz CT molecular complexity index is 300. The predicted molar refractivity (Wildman–Crippen MR) is 60.2 cm³/mol. The number of nitrogens with one attached hydrogen (secondary N) is 1. The van der Waals surface area contributed by atoms with Gasteiger partial charge in [-0.05, 0) is 12.0 Å². The fraction of sp³-hybridized carbons (Fsp3) is 0.417. The summed E-state index contributed by atoms with van der Waals surface area (Å²) in [6, 6.07) is 9.84. The van der Waals surface area contributed by atoms with Crippen molar-refractivity contribution in [2.45, 2.75) is 26.3 Å². The highest BCUT2D eigenvalue weighted by atomic mass is 16.8. The van der Waals surface area contributed by atoms with E-state index in [0.717, 1.165) is 12.0 Å². The lowest BCUT2D eigenvalue weighted by Gasteiger charge is -2.06. The maximum Gasteiger partial charge on any atom is 0.307 e. The van der Waals surface area contributed by atoms with Gasteiger partial charge in [-0.1, -0.05) is 37.3 Å². The third-order valence-electron chi connectivity index (χ3n) is 1.95. The van der Waals surface area contributed by atoms with Crippen molar-refractivity contribution >= 4 is 5.97 Å². The van der Waals surface area contributed by atoms with Crippen LogP contribution in [0.25, 0.3) is 0 Å². The number of esters is 1. The third kappa shape index (κ3) is 5.48. The minimum Gasteiger partial charge on any atom is -0.437 e. The van der Waals surface area contributed by atoms with Crippen molar-refractivity contribution in [3.8, 4) is 0 Å². The smallest absolute Gasteiger partial charge is 0.307 e. The van der Waals surface area contributed by atoms with Gasteiger partial charge in [0.15, 0.2) is 0 Å². The van der Waals surface area contributed by atoms with Crippen LogP contribution in [0.5, 0.6) is 0 Å². The Labute approximate surface area is 95.5 Å². The fourth-order valence-corrected chi connectivity index (χ4v) is 1.14. The molecule has 16 heavy (non-hydrogen) atoms. The van der Waals surface area contributed by atoms with Gasteiger partial charge in [0.25, 0.3) is 0 Å². The largest absolute Gasteiger partial charge is 0.437 e. The molecule has 0 unspecified atom stereocenters. The summed E-state index contributed by atoms with van der Waals surface area (Å²) in [5.41, 5.74) is 3.84. The van der Waals surface area contributed by atoms with E-state index in [-0.39, 0.29) is 12.8 Å². The van der Waals surface area contributed by atoms with Crippen molar-refractivity contribution in [2.24, 2.45) is 0 Å². The van der Waals surface area contributed by atoms with E-state index in [0.29, 0.717) is 13.0 Å². The molecule has 0 radical (unpaired) electrons. The zero-order chi connectivity index (χ0) is 11.6. The summed E-state index contributed by atoms with van der Waals surface area (Å²) in [6.07, 6.45) is 1.22. The first kappa shape index (κ1) is 12.7. The second kappa shape index (κ2) is 7.84. The fourth-order valence-electron chi connectivity index (χ4n) is 1.14. The quantitative estimate of drug-likeness (QED) is 0.332. The first-order valence-corrected chi connectivity index (χ1v) is 5.37. The average Bonchev–Trinajstić information content (AvgIpc) is 2.30. The van der Waals surface area contributed by atoms with Crippen LogP contribution in [0.2, 0.25) is 0 Å². The molecule has 0 saturated heterocycles.